The van der Waals surface area contributed by atoms with Crippen molar-refractivity contribution in [2.45, 2.75) is 57.8 Å². The highest BCUT2D eigenvalue weighted by Crippen LogP contribution is 2.26. The molecule has 0 amide bonds. The molecule has 0 aliphatic heterocycles. The van der Waals surface area contributed by atoms with Crippen molar-refractivity contribution in [3.05, 3.63) is 46.3 Å². The highest BCUT2D eigenvalue weighted by atomic mass is 127. The molecule has 8 heteroatoms. The Bertz CT molecular complexity index is 762. The Morgan fingerprint density at radius 2 is 2.10 bits per heavy atom. The first-order valence-electron chi connectivity index (χ1n) is 9.97. The van der Waals surface area contributed by atoms with E-state index in [0.29, 0.717) is 24.9 Å². The monoisotopic (exact) mass is 530 g/mol. The Morgan fingerprint density at radius 3 is 2.79 bits per heavy atom. The van der Waals surface area contributed by atoms with Crippen LogP contribution in [0.15, 0.2) is 40.8 Å². The van der Waals surface area contributed by atoms with Crippen molar-refractivity contribution in [2.24, 2.45) is 4.99 Å². The molecule has 1 aliphatic carbocycles. The lowest BCUT2D eigenvalue weighted by molar-refractivity contribution is 0.0655. The van der Waals surface area contributed by atoms with Gasteiger partial charge in [0, 0.05) is 23.2 Å². The minimum atomic E-state index is -0.949. The van der Waals surface area contributed by atoms with E-state index in [4.69, 9.17) is 4.74 Å². The Labute approximate surface area is 194 Å². The fourth-order valence-electron chi connectivity index (χ4n) is 3.25. The molecule has 29 heavy (non-hydrogen) atoms. The third kappa shape index (κ3) is 7.11. The van der Waals surface area contributed by atoms with Gasteiger partial charge in [-0.15, -0.1) is 35.3 Å². The minimum Gasteiger partial charge on any atom is -0.474 e. The van der Waals surface area contributed by atoms with Gasteiger partial charge in [0.1, 0.15) is 11.7 Å². The van der Waals surface area contributed by atoms with Gasteiger partial charge in [-0.3, -0.25) is 0 Å². The fourth-order valence-corrected chi connectivity index (χ4v) is 4.04. The van der Waals surface area contributed by atoms with Crippen LogP contribution in [0, 0.1) is 0 Å². The first-order chi connectivity index (χ1) is 13.6. The molecule has 2 aromatic rings. The largest absolute Gasteiger partial charge is 0.474 e. The van der Waals surface area contributed by atoms with E-state index < -0.39 is 5.60 Å². The number of nitrogens with zero attached hydrogens (tertiary/aromatic N) is 2. The molecule has 0 radical (unpaired) electrons. The van der Waals surface area contributed by atoms with Crippen LogP contribution in [0.2, 0.25) is 0 Å². The van der Waals surface area contributed by atoms with Crippen LogP contribution in [0.4, 0.5) is 0 Å². The summed E-state index contributed by atoms with van der Waals surface area (Å²) in [6, 6.07) is 7.81. The van der Waals surface area contributed by atoms with Gasteiger partial charge in [-0.25, -0.2) is 9.98 Å². The second kappa shape index (κ2) is 11.7. The predicted molar refractivity (Wildman–Crippen MR) is 129 cm³/mol. The minimum absolute atomic E-state index is 0. The summed E-state index contributed by atoms with van der Waals surface area (Å²) in [4.78, 5) is 10.0. The maximum absolute atomic E-state index is 10.7. The predicted octanol–water partition coefficient (Wildman–Crippen LogP) is 4.05. The van der Waals surface area contributed by atoms with Gasteiger partial charge in [0.15, 0.2) is 5.96 Å². The van der Waals surface area contributed by atoms with Crippen molar-refractivity contribution >= 4 is 41.3 Å². The van der Waals surface area contributed by atoms with Crippen molar-refractivity contribution in [3.8, 4) is 5.88 Å². The van der Waals surface area contributed by atoms with E-state index in [-0.39, 0.29) is 30.1 Å². The number of pyridine rings is 1. The second-order valence-electron chi connectivity index (χ2n) is 7.29. The van der Waals surface area contributed by atoms with E-state index >= 15 is 0 Å². The van der Waals surface area contributed by atoms with E-state index in [1.807, 2.05) is 43.5 Å². The molecule has 0 bridgehead atoms. The molecule has 6 nitrogen and oxygen atoms in total. The fraction of sp³-hybridized carbons (Fsp3) is 0.524. The molecule has 1 aliphatic rings. The van der Waals surface area contributed by atoms with Crippen LogP contribution in [0.3, 0.4) is 0 Å². The van der Waals surface area contributed by atoms with Gasteiger partial charge >= 0.3 is 0 Å². The molecule has 160 valence electrons. The standard InChI is InChI=1S/C21H30N4O2S.HI/c1-3-22-20(25-15-21(2,26)18-11-7-13-28-18)24-14-16-8-6-12-23-19(16)27-17-9-4-5-10-17;/h6-8,11-13,17,26H,3-5,9-10,14-15H2,1-2H3,(H2,22,24,25);1H. The zero-order chi connectivity index (χ0) is 19.8. The van der Waals surface area contributed by atoms with Gasteiger partial charge in [-0.05, 0) is 57.0 Å². The highest BCUT2D eigenvalue weighted by molar-refractivity contribution is 14.0. The first-order valence-corrected chi connectivity index (χ1v) is 10.9. The average Bonchev–Trinajstić information content (AvgIpc) is 3.39. The second-order valence-corrected chi connectivity index (χ2v) is 8.24. The molecule has 1 atom stereocenters. The van der Waals surface area contributed by atoms with E-state index in [1.165, 1.54) is 12.8 Å². The molecule has 2 aromatic heterocycles. The maximum Gasteiger partial charge on any atom is 0.218 e. The van der Waals surface area contributed by atoms with Crippen LogP contribution in [0.5, 0.6) is 5.88 Å². The number of aliphatic imine (C=N–C) groups is 1. The van der Waals surface area contributed by atoms with E-state index in [0.717, 1.165) is 29.8 Å². The normalized spacial score (nSPS) is 16.7. The summed E-state index contributed by atoms with van der Waals surface area (Å²) in [6.07, 6.45) is 6.68. The van der Waals surface area contributed by atoms with Gasteiger partial charge < -0.3 is 20.5 Å². The summed E-state index contributed by atoms with van der Waals surface area (Å²) in [5, 5.41) is 19.2. The molecular formula is C21H31IN4O2S. The molecule has 2 heterocycles. The number of aliphatic hydroxyl groups is 1. The topological polar surface area (TPSA) is 78.8 Å². The number of rotatable bonds is 8. The number of aromatic nitrogens is 1. The van der Waals surface area contributed by atoms with Crippen LogP contribution in [-0.4, -0.2) is 35.2 Å². The molecule has 0 aromatic carbocycles. The van der Waals surface area contributed by atoms with E-state index in [2.05, 4.69) is 20.6 Å². The van der Waals surface area contributed by atoms with Crippen molar-refractivity contribution < 1.29 is 9.84 Å². The van der Waals surface area contributed by atoms with Crippen molar-refractivity contribution in [3.63, 3.8) is 0 Å². The summed E-state index contributed by atoms with van der Waals surface area (Å²) in [5.41, 5.74) is 0.0201. The Hall–Kier alpha value is -1.39. The first kappa shape index (κ1) is 23.9. The van der Waals surface area contributed by atoms with Gasteiger partial charge in [0.2, 0.25) is 5.88 Å². The molecule has 1 fully saturated rings. The molecular weight excluding hydrogens is 499 g/mol. The Morgan fingerprint density at radius 1 is 1.31 bits per heavy atom. The molecule has 1 saturated carbocycles. The lowest BCUT2D eigenvalue weighted by Gasteiger charge is -2.23. The van der Waals surface area contributed by atoms with Gasteiger partial charge in [0.25, 0.3) is 0 Å². The van der Waals surface area contributed by atoms with Gasteiger partial charge in [0.05, 0.1) is 13.1 Å². The van der Waals surface area contributed by atoms with Crippen LogP contribution in [-0.2, 0) is 12.1 Å². The number of nitrogens with one attached hydrogen (secondary N) is 2. The number of guanidine groups is 1. The summed E-state index contributed by atoms with van der Waals surface area (Å²) in [6.45, 7) is 5.41. The average molecular weight is 530 g/mol. The maximum atomic E-state index is 10.7. The van der Waals surface area contributed by atoms with Crippen molar-refractivity contribution in [1.82, 2.24) is 15.6 Å². The number of hydrogen-bond donors (Lipinski definition) is 3. The lowest BCUT2D eigenvalue weighted by atomic mass is 10.1. The summed E-state index contributed by atoms with van der Waals surface area (Å²) < 4.78 is 6.10. The zero-order valence-electron chi connectivity index (χ0n) is 17.1. The number of hydrogen-bond acceptors (Lipinski definition) is 5. The summed E-state index contributed by atoms with van der Waals surface area (Å²) in [5.74, 6) is 1.34. The number of ether oxygens (including phenoxy) is 1. The molecule has 3 N–H and O–H groups in total. The van der Waals surface area contributed by atoms with Crippen molar-refractivity contribution in [2.75, 3.05) is 13.1 Å². The molecule has 1 unspecified atom stereocenters. The van der Waals surface area contributed by atoms with Crippen LogP contribution < -0.4 is 15.4 Å². The highest BCUT2D eigenvalue weighted by Gasteiger charge is 2.24. The van der Waals surface area contributed by atoms with Crippen molar-refractivity contribution in [1.29, 1.82) is 0 Å². The van der Waals surface area contributed by atoms with Crippen LogP contribution >= 0.6 is 35.3 Å². The summed E-state index contributed by atoms with van der Waals surface area (Å²) >= 11 is 1.55. The van der Waals surface area contributed by atoms with Gasteiger partial charge in [-0.1, -0.05) is 12.1 Å². The number of halogens is 1. The van der Waals surface area contributed by atoms with Gasteiger partial charge in [-0.2, -0.15) is 0 Å². The quantitative estimate of drug-likeness (QED) is 0.273. The van der Waals surface area contributed by atoms with E-state index in [9.17, 15) is 5.11 Å². The molecule has 0 saturated heterocycles. The van der Waals surface area contributed by atoms with E-state index in [1.54, 1.807) is 17.5 Å². The molecule has 0 spiro atoms. The Kier molecular flexibility index (Phi) is 9.64. The van der Waals surface area contributed by atoms with Crippen LogP contribution in [0.1, 0.15) is 50.0 Å². The zero-order valence-corrected chi connectivity index (χ0v) is 20.2. The SMILES string of the molecule is CCNC(=NCc1cccnc1OC1CCCC1)NCC(C)(O)c1cccs1.I. The lowest BCUT2D eigenvalue weighted by Crippen LogP contribution is -2.44. The third-order valence-electron chi connectivity index (χ3n) is 4.83. The number of thiophene rings is 1. The van der Waals surface area contributed by atoms with Crippen LogP contribution in [0.25, 0.3) is 0 Å². The third-order valence-corrected chi connectivity index (χ3v) is 5.96. The molecule has 3 rings (SSSR count). The Balaban J connectivity index is 0.00000300. The summed E-state index contributed by atoms with van der Waals surface area (Å²) in [7, 11) is 0. The smallest absolute Gasteiger partial charge is 0.218 e.